The molecule has 0 saturated heterocycles. The Labute approximate surface area is 142 Å². The first-order valence-corrected chi connectivity index (χ1v) is 11.6. The fourth-order valence-corrected chi connectivity index (χ4v) is 3.06. The molecule has 6 heteroatoms. The number of carbonyl (C=O) groups is 1. The van der Waals surface area contributed by atoms with E-state index in [1.54, 1.807) is 12.0 Å². The monoisotopic (exact) mass is 385 g/mol. The van der Waals surface area contributed by atoms with Gasteiger partial charge in [0, 0.05) is 19.2 Å². The van der Waals surface area contributed by atoms with Crippen molar-refractivity contribution in [2.24, 2.45) is 0 Å². The molecule has 0 unspecified atom stereocenters. The number of hydrogen-bond donors (Lipinski definition) is 0. The van der Waals surface area contributed by atoms with Gasteiger partial charge >= 0.3 is 0 Å². The van der Waals surface area contributed by atoms with Crippen LogP contribution in [0.4, 0.5) is 5.69 Å². The minimum atomic E-state index is -1.14. The molecule has 1 aromatic carbocycles. The predicted molar refractivity (Wildman–Crippen MR) is 97.3 cm³/mol. The normalized spacial score (nSPS) is 11.1. The topological polar surface area (TPSA) is 38.8 Å². The van der Waals surface area contributed by atoms with Crippen molar-refractivity contribution in [1.29, 1.82) is 0 Å². The average molecular weight is 386 g/mol. The second-order valence-corrected chi connectivity index (χ2v) is 12.6. The van der Waals surface area contributed by atoms with Gasteiger partial charge in [-0.1, -0.05) is 26.2 Å². The Balaban J connectivity index is 2.81. The molecule has 1 rings (SSSR count). The molecule has 4 nitrogen and oxygen atoms in total. The number of ether oxygens (including phenoxy) is 2. The lowest BCUT2D eigenvalue weighted by Crippen LogP contribution is -2.33. The molecule has 0 spiro atoms. The highest BCUT2D eigenvalue weighted by atomic mass is 79.9. The van der Waals surface area contributed by atoms with E-state index in [-0.39, 0.29) is 12.6 Å². The van der Waals surface area contributed by atoms with Gasteiger partial charge in [-0.15, -0.1) is 0 Å². The van der Waals surface area contributed by atoms with Crippen LogP contribution in [0, 0.1) is 0 Å². The first-order valence-electron chi connectivity index (χ1n) is 7.13. The molecule has 0 aliphatic carbocycles. The smallest absolute Gasteiger partial charge is 0.252 e. The van der Waals surface area contributed by atoms with Crippen LogP contribution < -0.4 is 9.64 Å². The van der Waals surface area contributed by atoms with Crippen molar-refractivity contribution in [3.05, 3.63) is 35.3 Å². The summed E-state index contributed by atoms with van der Waals surface area (Å²) in [6.07, 6.45) is 1.29. The van der Waals surface area contributed by atoms with Crippen LogP contribution >= 0.6 is 15.9 Å². The Morgan fingerprint density at radius 2 is 2.09 bits per heavy atom. The fourth-order valence-electron chi connectivity index (χ4n) is 1.73. The van der Waals surface area contributed by atoms with E-state index in [0.717, 1.165) is 22.0 Å². The van der Waals surface area contributed by atoms with Crippen LogP contribution in [0.3, 0.4) is 0 Å². The third-order valence-electron chi connectivity index (χ3n) is 3.10. The predicted octanol–water partition coefficient (Wildman–Crippen LogP) is 4.29. The molecule has 1 amide bonds. The summed E-state index contributed by atoms with van der Waals surface area (Å²) in [5, 5.41) is 0. The minimum absolute atomic E-state index is 0.195. The van der Waals surface area contributed by atoms with E-state index in [9.17, 15) is 4.79 Å². The highest BCUT2D eigenvalue weighted by molar-refractivity contribution is 9.10. The summed E-state index contributed by atoms with van der Waals surface area (Å²) >= 11 is 3.47. The third kappa shape index (κ3) is 5.94. The van der Waals surface area contributed by atoms with E-state index < -0.39 is 8.07 Å². The SMILES string of the molecule is C=CC(=O)N(COCC[Si](C)(C)C)c1ccc(OC)cc1Br. The molecule has 122 valence electrons. The molecule has 0 saturated carbocycles. The van der Waals surface area contributed by atoms with Crippen LogP contribution in [0.1, 0.15) is 0 Å². The fraction of sp³-hybridized carbons (Fsp3) is 0.438. The van der Waals surface area contributed by atoms with Crippen molar-refractivity contribution >= 4 is 35.6 Å². The van der Waals surface area contributed by atoms with Gasteiger partial charge in [0.05, 0.1) is 12.8 Å². The molecule has 0 aliphatic heterocycles. The number of anilines is 1. The van der Waals surface area contributed by atoms with E-state index in [2.05, 4.69) is 42.1 Å². The van der Waals surface area contributed by atoms with Crippen molar-refractivity contribution in [2.45, 2.75) is 25.7 Å². The lowest BCUT2D eigenvalue weighted by Gasteiger charge is -2.24. The van der Waals surface area contributed by atoms with Crippen molar-refractivity contribution in [1.82, 2.24) is 0 Å². The first kappa shape index (κ1) is 18.9. The van der Waals surface area contributed by atoms with Crippen LogP contribution in [-0.2, 0) is 9.53 Å². The van der Waals surface area contributed by atoms with Crippen LogP contribution in [0.25, 0.3) is 0 Å². The maximum Gasteiger partial charge on any atom is 0.252 e. The molecule has 0 N–H and O–H groups in total. The molecule has 1 aromatic rings. The molecule has 0 aliphatic rings. The third-order valence-corrected chi connectivity index (χ3v) is 5.44. The van der Waals surface area contributed by atoms with Gasteiger partial charge < -0.3 is 9.47 Å². The highest BCUT2D eigenvalue weighted by Crippen LogP contribution is 2.30. The summed E-state index contributed by atoms with van der Waals surface area (Å²) < 4.78 is 11.6. The quantitative estimate of drug-likeness (QED) is 0.290. The zero-order valence-corrected chi connectivity index (χ0v) is 16.3. The van der Waals surface area contributed by atoms with Gasteiger partial charge in [-0.2, -0.15) is 0 Å². The Hall–Kier alpha value is -1.11. The van der Waals surface area contributed by atoms with Gasteiger partial charge in [-0.05, 0) is 46.2 Å². The number of halogens is 1. The number of rotatable bonds is 8. The Bertz CT molecular complexity index is 529. The zero-order valence-electron chi connectivity index (χ0n) is 13.7. The highest BCUT2D eigenvalue weighted by Gasteiger charge is 2.18. The molecular formula is C16H24BrNO3Si. The average Bonchev–Trinajstić information content (AvgIpc) is 2.46. The molecule has 0 fully saturated rings. The molecule has 0 bridgehead atoms. The van der Waals surface area contributed by atoms with Crippen molar-refractivity contribution in [3.63, 3.8) is 0 Å². The number of benzene rings is 1. The molecule has 0 heterocycles. The maximum atomic E-state index is 12.1. The number of amides is 1. The second kappa shape index (κ2) is 8.50. The second-order valence-electron chi connectivity index (χ2n) is 6.14. The van der Waals surface area contributed by atoms with Gasteiger partial charge in [-0.3, -0.25) is 9.69 Å². The van der Waals surface area contributed by atoms with Crippen molar-refractivity contribution < 1.29 is 14.3 Å². The van der Waals surface area contributed by atoms with E-state index >= 15 is 0 Å². The van der Waals surface area contributed by atoms with Gasteiger partial charge in [0.2, 0.25) is 0 Å². The number of nitrogens with zero attached hydrogens (tertiary/aromatic N) is 1. The molecule has 0 radical (unpaired) electrons. The Morgan fingerprint density at radius 1 is 1.41 bits per heavy atom. The van der Waals surface area contributed by atoms with Crippen LogP contribution in [0.15, 0.2) is 35.3 Å². The van der Waals surface area contributed by atoms with Gasteiger partial charge in [-0.25, -0.2) is 0 Å². The Kier molecular flexibility index (Phi) is 7.32. The first-order chi connectivity index (χ1) is 10.3. The van der Waals surface area contributed by atoms with Crippen LogP contribution in [-0.4, -0.2) is 34.4 Å². The summed E-state index contributed by atoms with van der Waals surface area (Å²) in [6, 6.07) is 6.52. The van der Waals surface area contributed by atoms with Crippen molar-refractivity contribution in [2.75, 3.05) is 25.3 Å². The largest absolute Gasteiger partial charge is 0.497 e. The summed E-state index contributed by atoms with van der Waals surface area (Å²) in [5.41, 5.74) is 0.735. The summed E-state index contributed by atoms with van der Waals surface area (Å²) in [6.45, 7) is 11.3. The maximum absolute atomic E-state index is 12.1. The van der Waals surface area contributed by atoms with Gasteiger partial charge in [0.1, 0.15) is 12.5 Å². The number of hydrogen-bond acceptors (Lipinski definition) is 3. The van der Waals surface area contributed by atoms with E-state index in [1.165, 1.54) is 6.08 Å². The van der Waals surface area contributed by atoms with Crippen molar-refractivity contribution in [3.8, 4) is 5.75 Å². The molecular weight excluding hydrogens is 362 g/mol. The standard InChI is InChI=1S/C16H24BrNO3Si/c1-6-16(19)18(12-21-9-10-22(3,4)5)15-8-7-13(20-2)11-14(15)17/h6-8,11H,1,9-10,12H2,2-5H3. The molecule has 0 atom stereocenters. The summed E-state index contributed by atoms with van der Waals surface area (Å²) in [4.78, 5) is 13.7. The number of methoxy groups -OCH3 is 1. The van der Waals surface area contributed by atoms with E-state index in [4.69, 9.17) is 9.47 Å². The van der Waals surface area contributed by atoms with Gasteiger partial charge in [0.25, 0.3) is 5.91 Å². The lowest BCUT2D eigenvalue weighted by molar-refractivity contribution is -0.115. The summed E-state index contributed by atoms with van der Waals surface area (Å²) in [5.74, 6) is 0.528. The van der Waals surface area contributed by atoms with Crippen LogP contribution in [0.5, 0.6) is 5.75 Å². The Morgan fingerprint density at radius 3 is 2.59 bits per heavy atom. The molecule has 0 aromatic heterocycles. The lowest BCUT2D eigenvalue weighted by atomic mass is 10.2. The van der Waals surface area contributed by atoms with E-state index in [1.807, 2.05) is 18.2 Å². The number of carbonyl (C=O) groups excluding carboxylic acids is 1. The van der Waals surface area contributed by atoms with Crippen LogP contribution in [0.2, 0.25) is 25.7 Å². The minimum Gasteiger partial charge on any atom is -0.497 e. The molecule has 22 heavy (non-hydrogen) atoms. The van der Waals surface area contributed by atoms with Gasteiger partial charge in [0.15, 0.2) is 0 Å². The summed E-state index contributed by atoms with van der Waals surface area (Å²) in [7, 11) is 0.463. The van der Waals surface area contributed by atoms with E-state index in [0.29, 0.717) is 6.61 Å². The zero-order chi connectivity index (χ0) is 16.8.